The van der Waals surface area contributed by atoms with Crippen molar-refractivity contribution in [2.45, 2.75) is 6.92 Å². The van der Waals surface area contributed by atoms with Crippen molar-refractivity contribution in [2.75, 3.05) is 12.4 Å². The maximum Gasteiger partial charge on any atom is 0.225 e. The quantitative estimate of drug-likeness (QED) is 0.804. The number of ether oxygens (including phenoxy) is 1. The Hall–Kier alpha value is -1.04. The molecule has 2 aromatic rings. The van der Waals surface area contributed by atoms with Gasteiger partial charge in [0.1, 0.15) is 5.75 Å². The van der Waals surface area contributed by atoms with Crippen LogP contribution in [0, 0.1) is 6.92 Å². The van der Waals surface area contributed by atoms with Crippen LogP contribution in [0.2, 0.25) is 10.0 Å². The molecule has 0 aliphatic carbocycles. The molecule has 1 aromatic carbocycles. The number of rotatable bonds is 3. The van der Waals surface area contributed by atoms with Gasteiger partial charge < -0.3 is 10.1 Å². The molecule has 0 saturated carbocycles. The van der Waals surface area contributed by atoms with Crippen LogP contribution in [-0.2, 0) is 0 Å². The number of hydrogen-bond donors (Lipinski definition) is 1. The fourth-order valence-electron chi connectivity index (χ4n) is 1.40. The monoisotopic (exact) mass is 361 g/mol. The van der Waals surface area contributed by atoms with E-state index in [1.807, 2.05) is 6.92 Å². The molecule has 100 valence electrons. The number of nitrogens with one attached hydrogen (secondary N) is 1. The van der Waals surface area contributed by atoms with Crippen LogP contribution in [-0.4, -0.2) is 17.0 Å². The zero-order valence-corrected chi connectivity index (χ0v) is 13.3. The molecule has 0 bridgehead atoms. The summed E-state index contributed by atoms with van der Waals surface area (Å²) in [5, 5.41) is 3.82. The molecule has 0 aliphatic heterocycles. The average Bonchev–Trinajstić information content (AvgIpc) is 2.35. The highest BCUT2D eigenvalue weighted by atomic mass is 79.9. The minimum absolute atomic E-state index is 0.400. The molecule has 4 nitrogen and oxygen atoms in total. The highest BCUT2D eigenvalue weighted by molar-refractivity contribution is 9.10. The van der Waals surface area contributed by atoms with Gasteiger partial charge in [-0.3, -0.25) is 0 Å². The number of hydrogen-bond acceptors (Lipinski definition) is 4. The summed E-state index contributed by atoms with van der Waals surface area (Å²) in [5.74, 6) is 1.32. The predicted molar refractivity (Wildman–Crippen MR) is 80.6 cm³/mol. The van der Waals surface area contributed by atoms with Crippen molar-refractivity contribution in [2.24, 2.45) is 0 Å². The van der Waals surface area contributed by atoms with Crippen molar-refractivity contribution in [1.82, 2.24) is 9.97 Å². The first kappa shape index (κ1) is 14.4. The van der Waals surface area contributed by atoms with Crippen LogP contribution in [0.1, 0.15) is 5.69 Å². The highest BCUT2D eigenvalue weighted by Gasteiger charge is 2.10. The first-order valence-electron chi connectivity index (χ1n) is 5.35. The summed E-state index contributed by atoms with van der Waals surface area (Å²) in [5.41, 5.74) is 0.786. The van der Waals surface area contributed by atoms with Gasteiger partial charge in [0.05, 0.1) is 10.0 Å². The lowest BCUT2D eigenvalue weighted by Gasteiger charge is -2.09. The summed E-state index contributed by atoms with van der Waals surface area (Å²) in [4.78, 5) is 8.36. The molecule has 0 atom stereocenters. The smallest absolute Gasteiger partial charge is 0.225 e. The molecule has 7 heteroatoms. The molecular weight excluding hydrogens is 353 g/mol. The Balaban J connectivity index is 2.36. The second-order valence-corrected chi connectivity index (χ2v) is 5.39. The van der Waals surface area contributed by atoms with Gasteiger partial charge in [0.2, 0.25) is 11.8 Å². The average molecular weight is 363 g/mol. The van der Waals surface area contributed by atoms with Crippen molar-refractivity contribution in [3.63, 3.8) is 0 Å². The predicted octanol–water partition coefficient (Wildman–Crippen LogP) is 4.69. The molecule has 0 unspecified atom stereocenters. The largest absolute Gasteiger partial charge is 0.437 e. The standard InChI is InChI=1S/C12H10BrCl2N3O/c1-6-3-11(18-12(16-2)17-6)19-10-5-8(14)7(13)4-9(10)15/h3-5H,1-2H3,(H,16,17,18). The van der Waals surface area contributed by atoms with Crippen LogP contribution in [0.25, 0.3) is 0 Å². The molecule has 0 aliphatic rings. The second-order valence-electron chi connectivity index (χ2n) is 3.72. The molecule has 0 amide bonds. The summed E-state index contributed by atoms with van der Waals surface area (Å²) < 4.78 is 6.35. The SMILES string of the molecule is CNc1nc(C)cc(Oc2cc(Cl)c(Br)cc2Cl)n1. The Morgan fingerprint density at radius 2 is 1.89 bits per heavy atom. The van der Waals surface area contributed by atoms with E-state index in [2.05, 4.69) is 31.2 Å². The Kier molecular flexibility index (Phi) is 4.50. The fraction of sp³-hybridized carbons (Fsp3) is 0.167. The lowest BCUT2D eigenvalue weighted by molar-refractivity contribution is 0.462. The van der Waals surface area contributed by atoms with E-state index in [0.29, 0.717) is 32.1 Å². The summed E-state index contributed by atoms with van der Waals surface area (Å²) in [6.45, 7) is 1.85. The van der Waals surface area contributed by atoms with Crippen molar-refractivity contribution >= 4 is 45.1 Å². The van der Waals surface area contributed by atoms with E-state index in [-0.39, 0.29) is 0 Å². The number of benzene rings is 1. The van der Waals surface area contributed by atoms with E-state index in [1.54, 1.807) is 25.2 Å². The number of halogens is 3. The molecule has 1 N–H and O–H groups in total. The van der Waals surface area contributed by atoms with Crippen molar-refractivity contribution in [3.8, 4) is 11.6 Å². The van der Waals surface area contributed by atoms with Gasteiger partial charge in [-0.25, -0.2) is 4.98 Å². The summed E-state index contributed by atoms with van der Waals surface area (Å²) in [6.07, 6.45) is 0. The zero-order chi connectivity index (χ0) is 14.0. The molecule has 0 fully saturated rings. The van der Waals surface area contributed by atoms with Gasteiger partial charge in [0.15, 0.2) is 0 Å². The van der Waals surface area contributed by atoms with Gasteiger partial charge in [-0.1, -0.05) is 23.2 Å². The van der Waals surface area contributed by atoms with Crippen molar-refractivity contribution in [1.29, 1.82) is 0 Å². The van der Waals surface area contributed by atoms with Crippen LogP contribution < -0.4 is 10.1 Å². The lowest BCUT2D eigenvalue weighted by Crippen LogP contribution is -1.99. The first-order chi connectivity index (χ1) is 8.99. The van der Waals surface area contributed by atoms with Crippen molar-refractivity contribution < 1.29 is 4.74 Å². The third-order valence-corrected chi connectivity index (χ3v) is 3.74. The Labute approximate surface area is 129 Å². The number of nitrogens with zero attached hydrogens (tertiary/aromatic N) is 2. The lowest BCUT2D eigenvalue weighted by atomic mass is 10.3. The molecule has 0 spiro atoms. The minimum Gasteiger partial charge on any atom is -0.437 e. The number of aryl methyl sites for hydroxylation is 1. The second kappa shape index (κ2) is 5.94. The third-order valence-electron chi connectivity index (χ3n) is 2.24. The Morgan fingerprint density at radius 3 is 2.58 bits per heavy atom. The number of anilines is 1. The first-order valence-corrected chi connectivity index (χ1v) is 6.90. The summed E-state index contributed by atoms with van der Waals surface area (Å²) >= 11 is 15.4. The maximum absolute atomic E-state index is 6.09. The van der Waals surface area contributed by atoms with E-state index in [9.17, 15) is 0 Å². The molecule has 2 rings (SSSR count). The van der Waals surface area contributed by atoms with Crippen LogP contribution in [0.5, 0.6) is 11.6 Å². The minimum atomic E-state index is 0.400. The van der Waals surface area contributed by atoms with E-state index < -0.39 is 0 Å². The van der Waals surface area contributed by atoms with E-state index in [4.69, 9.17) is 27.9 Å². The summed E-state index contributed by atoms with van der Waals surface area (Å²) in [7, 11) is 1.74. The fourth-order valence-corrected chi connectivity index (χ4v) is 2.23. The van der Waals surface area contributed by atoms with E-state index in [1.165, 1.54) is 0 Å². The topological polar surface area (TPSA) is 47.0 Å². The Morgan fingerprint density at radius 1 is 1.16 bits per heavy atom. The van der Waals surface area contributed by atoms with E-state index in [0.717, 1.165) is 5.69 Å². The zero-order valence-electron chi connectivity index (χ0n) is 10.2. The van der Waals surface area contributed by atoms with Crippen LogP contribution in [0.3, 0.4) is 0 Å². The normalized spacial score (nSPS) is 10.4. The van der Waals surface area contributed by atoms with Gasteiger partial charge in [-0.05, 0) is 28.9 Å². The summed E-state index contributed by atoms with van der Waals surface area (Å²) in [6, 6.07) is 5.02. The molecule has 0 radical (unpaired) electrons. The number of aromatic nitrogens is 2. The highest BCUT2D eigenvalue weighted by Crippen LogP contribution is 2.36. The van der Waals surface area contributed by atoms with E-state index >= 15 is 0 Å². The van der Waals surface area contributed by atoms with Gasteiger partial charge in [-0.2, -0.15) is 4.98 Å². The van der Waals surface area contributed by atoms with Gasteiger partial charge in [0, 0.05) is 29.3 Å². The van der Waals surface area contributed by atoms with Crippen LogP contribution in [0.15, 0.2) is 22.7 Å². The molecule has 19 heavy (non-hydrogen) atoms. The molecular formula is C12H10BrCl2N3O. The third kappa shape index (κ3) is 3.49. The maximum atomic E-state index is 6.09. The molecule has 1 aromatic heterocycles. The van der Waals surface area contributed by atoms with Crippen LogP contribution in [0.4, 0.5) is 5.95 Å². The molecule has 1 heterocycles. The molecule has 0 saturated heterocycles. The van der Waals surface area contributed by atoms with Gasteiger partial charge in [0.25, 0.3) is 0 Å². The van der Waals surface area contributed by atoms with Crippen molar-refractivity contribution in [3.05, 3.63) is 38.4 Å². The van der Waals surface area contributed by atoms with Gasteiger partial charge in [-0.15, -0.1) is 0 Å². The Bertz CT molecular complexity index is 622. The van der Waals surface area contributed by atoms with Gasteiger partial charge >= 0.3 is 0 Å². The van der Waals surface area contributed by atoms with Crippen LogP contribution >= 0.6 is 39.1 Å².